The predicted octanol–water partition coefficient (Wildman–Crippen LogP) is 2.59. The molecule has 102 valence electrons. The molecule has 6 heteroatoms. The van der Waals surface area contributed by atoms with Gasteiger partial charge < -0.3 is 10.6 Å². The maximum atomic E-state index is 11.8. The monoisotopic (exact) mass is 280 g/mol. The summed E-state index contributed by atoms with van der Waals surface area (Å²) < 4.78 is 0. The van der Waals surface area contributed by atoms with E-state index in [-0.39, 0.29) is 6.03 Å². The first-order valence-electron chi connectivity index (χ1n) is 6.36. The summed E-state index contributed by atoms with van der Waals surface area (Å²) in [6.45, 7) is 1.57. The van der Waals surface area contributed by atoms with Gasteiger partial charge in [0.15, 0.2) is 5.96 Å². The van der Waals surface area contributed by atoms with E-state index >= 15 is 0 Å². The number of benzene rings is 1. The highest BCUT2D eigenvalue weighted by Crippen LogP contribution is 2.14. The van der Waals surface area contributed by atoms with Gasteiger partial charge in [0.05, 0.1) is 0 Å². The quantitative estimate of drug-likeness (QED) is 0.740. The minimum Gasteiger partial charge on any atom is -0.356 e. The zero-order valence-corrected chi connectivity index (χ0v) is 11.3. The lowest BCUT2D eigenvalue weighted by Crippen LogP contribution is -2.44. The van der Waals surface area contributed by atoms with Gasteiger partial charge in [-0.3, -0.25) is 10.3 Å². The van der Waals surface area contributed by atoms with Crippen LogP contribution < -0.4 is 16.0 Å². The van der Waals surface area contributed by atoms with E-state index in [0.29, 0.717) is 16.7 Å². The van der Waals surface area contributed by atoms with E-state index in [2.05, 4.69) is 20.9 Å². The Morgan fingerprint density at radius 3 is 3.00 bits per heavy atom. The van der Waals surface area contributed by atoms with Gasteiger partial charge in [0.1, 0.15) is 0 Å². The summed E-state index contributed by atoms with van der Waals surface area (Å²) in [6.07, 6.45) is 3.32. The van der Waals surface area contributed by atoms with Crippen LogP contribution in [0.4, 0.5) is 10.5 Å². The first kappa shape index (κ1) is 13.7. The lowest BCUT2D eigenvalue weighted by atomic mass is 10.2. The molecule has 0 saturated carbocycles. The van der Waals surface area contributed by atoms with Crippen LogP contribution in [0.25, 0.3) is 0 Å². The third kappa shape index (κ3) is 4.79. The molecular weight excluding hydrogens is 264 g/mol. The van der Waals surface area contributed by atoms with Gasteiger partial charge in [0.2, 0.25) is 0 Å². The van der Waals surface area contributed by atoms with Gasteiger partial charge in [-0.25, -0.2) is 4.79 Å². The summed E-state index contributed by atoms with van der Waals surface area (Å²) in [5.74, 6) is 0.527. The third-order valence-electron chi connectivity index (χ3n) is 2.71. The molecule has 0 aromatic heterocycles. The van der Waals surface area contributed by atoms with E-state index < -0.39 is 0 Å². The molecule has 5 nitrogen and oxygen atoms in total. The van der Waals surface area contributed by atoms with Crippen molar-refractivity contribution in [2.75, 3.05) is 18.4 Å². The maximum Gasteiger partial charge on any atom is 0.325 e. The van der Waals surface area contributed by atoms with Gasteiger partial charge in [-0.2, -0.15) is 0 Å². The molecule has 0 spiro atoms. The Kier molecular flexibility index (Phi) is 5.03. The minimum atomic E-state index is -0.325. The number of hydrogen-bond acceptors (Lipinski definition) is 3. The predicted molar refractivity (Wildman–Crippen MR) is 77.8 cm³/mol. The normalized spacial score (nSPS) is 15.5. The Morgan fingerprint density at radius 2 is 2.16 bits per heavy atom. The fourth-order valence-corrected chi connectivity index (χ4v) is 1.98. The fraction of sp³-hybridized carbons (Fsp3) is 0.385. The van der Waals surface area contributed by atoms with Gasteiger partial charge >= 0.3 is 6.03 Å². The molecule has 0 fully saturated rings. The van der Waals surface area contributed by atoms with Crippen molar-refractivity contribution in [3.05, 3.63) is 29.3 Å². The van der Waals surface area contributed by atoms with Gasteiger partial charge in [-0.15, -0.1) is 0 Å². The van der Waals surface area contributed by atoms with Crippen LogP contribution in [0.2, 0.25) is 5.02 Å². The number of aliphatic imine (C=N–C) groups is 1. The second kappa shape index (κ2) is 6.99. The molecule has 0 aliphatic carbocycles. The summed E-state index contributed by atoms with van der Waals surface area (Å²) in [6, 6.07) is 6.68. The van der Waals surface area contributed by atoms with Crippen molar-refractivity contribution in [3.63, 3.8) is 0 Å². The Labute approximate surface area is 117 Å². The van der Waals surface area contributed by atoms with Crippen LogP contribution in [-0.2, 0) is 0 Å². The number of carbonyl (C=O) groups excluding carboxylic acids is 1. The Hall–Kier alpha value is -1.75. The average molecular weight is 281 g/mol. The van der Waals surface area contributed by atoms with Crippen LogP contribution in [0.3, 0.4) is 0 Å². The highest BCUT2D eigenvalue weighted by Gasteiger charge is 2.07. The molecule has 1 heterocycles. The van der Waals surface area contributed by atoms with Crippen molar-refractivity contribution in [1.29, 1.82) is 0 Å². The second-order valence-electron chi connectivity index (χ2n) is 4.31. The molecule has 0 saturated heterocycles. The number of urea groups is 1. The van der Waals surface area contributed by atoms with Crippen LogP contribution >= 0.6 is 11.6 Å². The van der Waals surface area contributed by atoms with Gasteiger partial charge in [-0.1, -0.05) is 17.7 Å². The molecule has 1 aliphatic heterocycles. The number of nitrogens with zero attached hydrogens (tertiary/aromatic N) is 1. The molecule has 19 heavy (non-hydrogen) atoms. The Bertz CT molecular complexity index is 475. The number of guanidine groups is 1. The van der Waals surface area contributed by atoms with E-state index in [1.54, 1.807) is 24.3 Å². The number of hydrogen-bond donors (Lipinski definition) is 3. The number of nitrogens with one attached hydrogen (secondary N) is 3. The number of rotatable bonds is 1. The first-order valence-corrected chi connectivity index (χ1v) is 6.74. The number of halogens is 1. The molecule has 0 unspecified atom stereocenters. The lowest BCUT2D eigenvalue weighted by Gasteiger charge is -2.14. The van der Waals surface area contributed by atoms with E-state index in [1.807, 2.05) is 0 Å². The Morgan fingerprint density at radius 1 is 1.26 bits per heavy atom. The molecule has 2 amide bonds. The van der Waals surface area contributed by atoms with E-state index in [4.69, 9.17) is 11.6 Å². The minimum absolute atomic E-state index is 0.325. The highest BCUT2D eigenvalue weighted by molar-refractivity contribution is 6.30. The number of anilines is 1. The molecule has 0 bridgehead atoms. The standard InChI is InChI=1S/C13H17ClN4O/c14-10-5-4-6-11(9-10)17-13(19)18-12-15-7-2-1-3-8-16-12/h4-6,9H,1-3,7-8H2,(H3,15,16,17,18,19). The van der Waals surface area contributed by atoms with Crippen LogP contribution in [0.1, 0.15) is 19.3 Å². The molecule has 1 aromatic carbocycles. The molecular formula is C13H17ClN4O. The van der Waals surface area contributed by atoms with E-state index in [0.717, 1.165) is 25.9 Å². The van der Waals surface area contributed by atoms with E-state index in [9.17, 15) is 4.79 Å². The molecule has 3 N–H and O–H groups in total. The smallest absolute Gasteiger partial charge is 0.325 e. The molecule has 2 rings (SSSR count). The largest absolute Gasteiger partial charge is 0.356 e. The second-order valence-corrected chi connectivity index (χ2v) is 4.74. The van der Waals surface area contributed by atoms with Gasteiger partial charge in [0.25, 0.3) is 0 Å². The van der Waals surface area contributed by atoms with Crippen LogP contribution in [0, 0.1) is 0 Å². The van der Waals surface area contributed by atoms with Gasteiger partial charge in [-0.05, 0) is 37.5 Å². The van der Waals surface area contributed by atoms with Crippen molar-refractivity contribution in [3.8, 4) is 0 Å². The topological polar surface area (TPSA) is 65.5 Å². The molecule has 1 aromatic rings. The van der Waals surface area contributed by atoms with Crippen molar-refractivity contribution in [2.45, 2.75) is 19.3 Å². The maximum absolute atomic E-state index is 11.8. The molecule has 0 radical (unpaired) electrons. The fourth-order valence-electron chi connectivity index (χ4n) is 1.79. The van der Waals surface area contributed by atoms with Crippen molar-refractivity contribution in [2.24, 2.45) is 4.99 Å². The van der Waals surface area contributed by atoms with E-state index in [1.165, 1.54) is 6.42 Å². The van der Waals surface area contributed by atoms with Crippen LogP contribution in [0.5, 0.6) is 0 Å². The zero-order valence-electron chi connectivity index (χ0n) is 10.6. The number of amides is 2. The van der Waals surface area contributed by atoms with Crippen molar-refractivity contribution >= 4 is 29.3 Å². The highest BCUT2D eigenvalue weighted by atomic mass is 35.5. The van der Waals surface area contributed by atoms with Crippen LogP contribution in [0.15, 0.2) is 29.3 Å². The van der Waals surface area contributed by atoms with Crippen molar-refractivity contribution < 1.29 is 4.79 Å². The SMILES string of the molecule is O=C(NC1=NCCCCCN1)Nc1cccc(Cl)c1. The zero-order chi connectivity index (χ0) is 13.5. The first-order chi connectivity index (χ1) is 9.24. The molecule has 0 atom stereocenters. The van der Waals surface area contributed by atoms with Crippen molar-refractivity contribution in [1.82, 2.24) is 10.6 Å². The summed E-state index contributed by atoms with van der Waals surface area (Å²) in [5.41, 5.74) is 0.649. The summed E-state index contributed by atoms with van der Waals surface area (Å²) in [5, 5.41) is 9.10. The summed E-state index contributed by atoms with van der Waals surface area (Å²) in [7, 11) is 0. The van der Waals surface area contributed by atoms with Crippen LogP contribution in [-0.4, -0.2) is 25.1 Å². The summed E-state index contributed by atoms with van der Waals surface area (Å²) >= 11 is 5.85. The van der Waals surface area contributed by atoms with Gasteiger partial charge in [0, 0.05) is 23.8 Å². The number of carbonyl (C=O) groups is 1. The average Bonchev–Trinajstić information content (AvgIpc) is 2.32. The Balaban J connectivity index is 1.89. The summed E-state index contributed by atoms with van der Waals surface area (Å²) in [4.78, 5) is 16.1. The molecule has 1 aliphatic rings. The lowest BCUT2D eigenvalue weighted by molar-refractivity contribution is 0.256. The third-order valence-corrected chi connectivity index (χ3v) is 2.95.